The molecule has 2 N–H and O–H groups in total. The summed E-state index contributed by atoms with van der Waals surface area (Å²) in [4.78, 5) is 33.6. The van der Waals surface area contributed by atoms with Crippen molar-refractivity contribution in [1.29, 1.82) is 0 Å². The summed E-state index contributed by atoms with van der Waals surface area (Å²) in [7, 11) is 1.58. The highest BCUT2D eigenvalue weighted by molar-refractivity contribution is 5.92. The zero-order chi connectivity index (χ0) is 21.7. The molecule has 0 aliphatic carbocycles. The molecule has 30 heavy (non-hydrogen) atoms. The Labute approximate surface area is 176 Å². The Morgan fingerprint density at radius 3 is 2.50 bits per heavy atom. The zero-order valence-electron chi connectivity index (χ0n) is 17.5. The fraction of sp³-hybridized carbons (Fsp3) is 0.409. The Hall–Kier alpha value is -3.16. The van der Waals surface area contributed by atoms with Crippen molar-refractivity contribution in [1.82, 2.24) is 9.88 Å². The standard InChI is InChI=1S/C22H28FN5O2/c1-3-21(29)26(2)19-7-6-17(14-18(19)23)27-10-12-28(13-11-27)22(30)9-5-16-4-8-20(24)25-15-16/h4,6-8,14-15H,3,5,9-13H2,1-2H3,(H2,24,25). The molecule has 2 amide bonds. The zero-order valence-corrected chi connectivity index (χ0v) is 17.5. The lowest BCUT2D eigenvalue weighted by Crippen LogP contribution is -2.48. The molecule has 0 spiro atoms. The van der Waals surface area contributed by atoms with Gasteiger partial charge in [-0.1, -0.05) is 13.0 Å². The van der Waals surface area contributed by atoms with E-state index in [1.54, 1.807) is 32.3 Å². The molecule has 2 heterocycles. The minimum absolute atomic E-state index is 0.104. The second-order valence-corrected chi connectivity index (χ2v) is 7.40. The molecule has 1 aliphatic heterocycles. The van der Waals surface area contributed by atoms with Gasteiger partial charge in [0.2, 0.25) is 11.8 Å². The van der Waals surface area contributed by atoms with Gasteiger partial charge in [-0.15, -0.1) is 0 Å². The molecule has 8 heteroatoms. The van der Waals surface area contributed by atoms with E-state index >= 15 is 0 Å². The lowest BCUT2D eigenvalue weighted by Gasteiger charge is -2.36. The summed E-state index contributed by atoms with van der Waals surface area (Å²) in [5, 5.41) is 0. The van der Waals surface area contributed by atoms with Crippen LogP contribution in [0.25, 0.3) is 0 Å². The molecular formula is C22H28FN5O2. The van der Waals surface area contributed by atoms with Gasteiger partial charge in [0.1, 0.15) is 11.6 Å². The Bertz CT molecular complexity index is 895. The average Bonchev–Trinajstić information content (AvgIpc) is 2.77. The Morgan fingerprint density at radius 2 is 1.90 bits per heavy atom. The van der Waals surface area contributed by atoms with Crippen LogP contribution in [0.3, 0.4) is 0 Å². The molecule has 0 unspecified atom stereocenters. The first-order valence-corrected chi connectivity index (χ1v) is 10.2. The summed E-state index contributed by atoms with van der Waals surface area (Å²) in [6.45, 7) is 4.21. The number of nitrogens with zero attached hydrogens (tertiary/aromatic N) is 4. The van der Waals surface area contributed by atoms with Gasteiger partial charge in [0, 0.05) is 58.0 Å². The molecular weight excluding hydrogens is 385 g/mol. The van der Waals surface area contributed by atoms with Crippen LogP contribution in [-0.2, 0) is 16.0 Å². The molecule has 1 fully saturated rings. The Kier molecular flexibility index (Phi) is 6.87. The molecule has 1 aromatic carbocycles. The molecule has 2 aromatic rings. The molecule has 160 valence electrons. The van der Waals surface area contributed by atoms with Crippen LogP contribution >= 0.6 is 0 Å². The highest BCUT2D eigenvalue weighted by Gasteiger charge is 2.22. The second-order valence-electron chi connectivity index (χ2n) is 7.40. The van der Waals surface area contributed by atoms with E-state index in [0.717, 1.165) is 11.3 Å². The van der Waals surface area contributed by atoms with Gasteiger partial charge in [0.25, 0.3) is 0 Å². The number of piperazine rings is 1. The van der Waals surface area contributed by atoms with Crippen molar-refractivity contribution in [3.63, 3.8) is 0 Å². The third-order valence-electron chi connectivity index (χ3n) is 5.44. The monoisotopic (exact) mass is 413 g/mol. The third-order valence-corrected chi connectivity index (χ3v) is 5.44. The summed E-state index contributed by atoms with van der Waals surface area (Å²) < 4.78 is 14.5. The maximum Gasteiger partial charge on any atom is 0.226 e. The summed E-state index contributed by atoms with van der Waals surface area (Å²) in [6.07, 6.45) is 3.07. The van der Waals surface area contributed by atoms with Crippen LogP contribution in [0, 0.1) is 5.82 Å². The predicted octanol–water partition coefficient (Wildman–Crippen LogP) is 2.46. The Morgan fingerprint density at radius 1 is 1.17 bits per heavy atom. The van der Waals surface area contributed by atoms with Gasteiger partial charge >= 0.3 is 0 Å². The number of nitrogen functional groups attached to an aromatic ring is 1. The summed E-state index contributed by atoms with van der Waals surface area (Å²) >= 11 is 0. The van der Waals surface area contributed by atoms with Gasteiger partial charge < -0.3 is 20.4 Å². The van der Waals surface area contributed by atoms with Gasteiger partial charge in [0.05, 0.1) is 5.69 Å². The number of halogens is 1. The molecule has 7 nitrogen and oxygen atoms in total. The number of hydrogen-bond acceptors (Lipinski definition) is 5. The smallest absolute Gasteiger partial charge is 0.226 e. The molecule has 1 saturated heterocycles. The van der Waals surface area contributed by atoms with E-state index in [9.17, 15) is 14.0 Å². The number of anilines is 3. The molecule has 1 aromatic heterocycles. The number of aryl methyl sites for hydroxylation is 1. The quantitative estimate of drug-likeness (QED) is 0.787. The topological polar surface area (TPSA) is 82.8 Å². The van der Waals surface area contributed by atoms with Crippen LogP contribution in [0.1, 0.15) is 25.3 Å². The number of hydrogen-bond donors (Lipinski definition) is 1. The second kappa shape index (κ2) is 9.56. The van der Waals surface area contributed by atoms with E-state index in [1.165, 1.54) is 11.0 Å². The summed E-state index contributed by atoms with van der Waals surface area (Å²) in [5.74, 6) is 0.0120. The molecule has 1 aliphatic rings. The Balaban J connectivity index is 1.53. The highest BCUT2D eigenvalue weighted by atomic mass is 19.1. The first-order chi connectivity index (χ1) is 14.4. The van der Waals surface area contributed by atoms with Crippen molar-refractivity contribution in [3.8, 4) is 0 Å². The average molecular weight is 413 g/mol. The van der Waals surface area contributed by atoms with Gasteiger partial charge in [-0.3, -0.25) is 9.59 Å². The van der Waals surface area contributed by atoms with Crippen LogP contribution in [0.5, 0.6) is 0 Å². The van der Waals surface area contributed by atoms with Crippen LogP contribution < -0.4 is 15.5 Å². The van der Waals surface area contributed by atoms with Crippen molar-refractivity contribution in [2.75, 3.05) is 48.8 Å². The van der Waals surface area contributed by atoms with Gasteiger partial charge in [0.15, 0.2) is 0 Å². The predicted molar refractivity (Wildman–Crippen MR) is 116 cm³/mol. The lowest BCUT2D eigenvalue weighted by molar-refractivity contribution is -0.131. The normalized spacial score (nSPS) is 14.0. The number of aromatic nitrogens is 1. The van der Waals surface area contributed by atoms with Crippen molar-refractivity contribution in [3.05, 3.63) is 47.9 Å². The van der Waals surface area contributed by atoms with E-state index in [-0.39, 0.29) is 17.5 Å². The SMILES string of the molecule is CCC(=O)N(C)c1ccc(N2CCN(C(=O)CCc3ccc(N)nc3)CC2)cc1F. The number of carbonyl (C=O) groups excluding carboxylic acids is 2. The molecule has 3 rings (SSSR count). The highest BCUT2D eigenvalue weighted by Crippen LogP contribution is 2.25. The number of carbonyl (C=O) groups is 2. The largest absolute Gasteiger partial charge is 0.384 e. The van der Waals surface area contributed by atoms with E-state index in [4.69, 9.17) is 5.73 Å². The van der Waals surface area contributed by atoms with E-state index in [2.05, 4.69) is 9.88 Å². The van der Waals surface area contributed by atoms with Crippen molar-refractivity contribution in [2.45, 2.75) is 26.2 Å². The minimum atomic E-state index is -0.424. The third kappa shape index (κ3) is 5.06. The molecule has 0 bridgehead atoms. The lowest BCUT2D eigenvalue weighted by atomic mass is 10.1. The molecule has 0 saturated carbocycles. The number of pyridine rings is 1. The maximum absolute atomic E-state index is 14.5. The number of nitrogens with two attached hydrogens (primary N) is 1. The van der Waals surface area contributed by atoms with Gasteiger partial charge in [-0.2, -0.15) is 0 Å². The number of rotatable bonds is 6. The van der Waals surface area contributed by atoms with Crippen LogP contribution in [0.15, 0.2) is 36.5 Å². The first kappa shape index (κ1) is 21.5. The van der Waals surface area contributed by atoms with Crippen LogP contribution in [0.4, 0.5) is 21.6 Å². The van der Waals surface area contributed by atoms with Crippen LogP contribution in [-0.4, -0.2) is 54.9 Å². The van der Waals surface area contributed by atoms with Crippen molar-refractivity contribution < 1.29 is 14.0 Å². The summed E-state index contributed by atoms with van der Waals surface area (Å²) in [6, 6.07) is 8.54. The minimum Gasteiger partial charge on any atom is -0.384 e. The van der Waals surface area contributed by atoms with Gasteiger partial charge in [-0.25, -0.2) is 9.37 Å². The fourth-order valence-corrected chi connectivity index (χ4v) is 3.54. The van der Waals surface area contributed by atoms with E-state index < -0.39 is 5.82 Å². The van der Waals surface area contributed by atoms with E-state index in [0.29, 0.717) is 51.3 Å². The fourth-order valence-electron chi connectivity index (χ4n) is 3.54. The first-order valence-electron chi connectivity index (χ1n) is 10.2. The molecule has 0 atom stereocenters. The summed E-state index contributed by atoms with van der Waals surface area (Å²) in [5.41, 5.74) is 7.60. The van der Waals surface area contributed by atoms with E-state index in [1.807, 2.05) is 17.0 Å². The van der Waals surface area contributed by atoms with Crippen molar-refractivity contribution >= 4 is 29.0 Å². The number of benzene rings is 1. The number of amides is 2. The van der Waals surface area contributed by atoms with Gasteiger partial charge in [-0.05, 0) is 36.2 Å². The van der Waals surface area contributed by atoms with Crippen molar-refractivity contribution in [2.24, 2.45) is 0 Å². The molecule has 0 radical (unpaired) electrons. The maximum atomic E-state index is 14.5. The van der Waals surface area contributed by atoms with Crippen LogP contribution in [0.2, 0.25) is 0 Å².